The van der Waals surface area contributed by atoms with Gasteiger partial charge in [-0.3, -0.25) is 4.98 Å². The lowest BCUT2D eigenvalue weighted by Crippen LogP contribution is -1.93. The van der Waals surface area contributed by atoms with Gasteiger partial charge in [0.25, 0.3) is 5.89 Å². The molecule has 0 aliphatic carbocycles. The predicted octanol–water partition coefficient (Wildman–Crippen LogP) is 4.25. The van der Waals surface area contributed by atoms with Crippen molar-refractivity contribution >= 4 is 0 Å². The van der Waals surface area contributed by atoms with E-state index in [1.54, 1.807) is 0 Å². The highest BCUT2D eigenvalue weighted by atomic mass is 16.5. The normalized spacial score (nSPS) is 11.0. The first-order valence-electron chi connectivity index (χ1n) is 8.16. The van der Waals surface area contributed by atoms with Crippen molar-refractivity contribution < 1.29 is 9.63 Å². The molecule has 1 aromatic carbocycles. The van der Waals surface area contributed by atoms with Gasteiger partial charge >= 0.3 is 0 Å². The lowest BCUT2D eigenvalue weighted by molar-refractivity contribution is 0.432. The lowest BCUT2D eigenvalue weighted by Gasteiger charge is -2.06. The molecule has 0 saturated heterocycles. The fourth-order valence-electron chi connectivity index (χ4n) is 2.75. The Balaban J connectivity index is 2.03. The van der Waals surface area contributed by atoms with E-state index >= 15 is 0 Å². The van der Waals surface area contributed by atoms with Gasteiger partial charge in [-0.05, 0) is 62.1 Å². The molecule has 3 rings (SSSR count). The number of rotatable bonds is 4. The van der Waals surface area contributed by atoms with Crippen LogP contribution in [0.5, 0.6) is 5.75 Å². The molecule has 0 atom stereocenters. The van der Waals surface area contributed by atoms with E-state index in [-0.39, 0.29) is 0 Å². The lowest BCUT2D eigenvalue weighted by atomic mass is 10.0. The number of hydrogen-bond donors (Lipinski definition) is 1. The van der Waals surface area contributed by atoms with Crippen molar-refractivity contribution in [2.45, 2.75) is 40.5 Å². The van der Waals surface area contributed by atoms with E-state index in [4.69, 9.17) is 4.52 Å². The molecule has 0 fully saturated rings. The predicted molar refractivity (Wildman–Crippen MR) is 92.9 cm³/mol. The minimum atomic E-state index is 0.332. The topological polar surface area (TPSA) is 72.0 Å². The Hall–Kier alpha value is -2.69. The zero-order valence-corrected chi connectivity index (χ0v) is 14.4. The number of benzene rings is 1. The van der Waals surface area contributed by atoms with Gasteiger partial charge in [0.15, 0.2) is 0 Å². The molecular formula is C19H21N3O2. The van der Waals surface area contributed by atoms with Crippen LogP contribution in [0.1, 0.15) is 36.4 Å². The minimum Gasteiger partial charge on any atom is -0.507 e. The van der Waals surface area contributed by atoms with Crippen LogP contribution in [-0.4, -0.2) is 20.2 Å². The summed E-state index contributed by atoms with van der Waals surface area (Å²) in [5.41, 5.74) is 5.34. The summed E-state index contributed by atoms with van der Waals surface area (Å²) in [6.45, 7) is 7.90. The van der Waals surface area contributed by atoms with Crippen molar-refractivity contribution in [3.8, 4) is 28.6 Å². The molecule has 24 heavy (non-hydrogen) atoms. The van der Waals surface area contributed by atoms with Gasteiger partial charge in [-0.1, -0.05) is 19.0 Å². The molecule has 2 aromatic heterocycles. The molecule has 0 unspecified atom stereocenters. The maximum atomic E-state index is 10.1. The quantitative estimate of drug-likeness (QED) is 0.777. The Morgan fingerprint density at radius 1 is 0.958 bits per heavy atom. The van der Waals surface area contributed by atoms with Crippen LogP contribution < -0.4 is 0 Å². The molecular weight excluding hydrogens is 302 g/mol. The molecule has 0 aliphatic rings. The van der Waals surface area contributed by atoms with Gasteiger partial charge in [0.2, 0.25) is 5.82 Å². The number of phenolic OH excluding ortho intramolecular Hbond substituents is 1. The number of aromatic nitrogens is 3. The van der Waals surface area contributed by atoms with Crippen molar-refractivity contribution in [2.24, 2.45) is 0 Å². The molecule has 0 spiro atoms. The number of phenols is 1. The van der Waals surface area contributed by atoms with Crippen LogP contribution in [-0.2, 0) is 12.8 Å². The Morgan fingerprint density at radius 3 is 2.46 bits per heavy atom. The fourth-order valence-corrected chi connectivity index (χ4v) is 2.75. The minimum absolute atomic E-state index is 0.332. The van der Waals surface area contributed by atoms with Gasteiger partial charge in [0.1, 0.15) is 5.75 Å². The Bertz CT molecular complexity index is 884. The third kappa shape index (κ3) is 3.02. The van der Waals surface area contributed by atoms with Gasteiger partial charge in [-0.25, -0.2) is 0 Å². The van der Waals surface area contributed by atoms with E-state index < -0.39 is 0 Å². The zero-order chi connectivity index (χ0) is 17.3. The van der Waals surface area contributed by atoms with E-state index in [0.29, 0.717) is 17.5 Å². The van der Waals surface area contributed by atoms with Crippen LogP contribution in [0.3, 0.4) is 0 Å². The second-order valence-electron chi connectivity index (χ2n) is 5.92. The molecule has 0 radical (unpaired) electrons. The van der Waals surface area contributed by atoms with E-state index in [0.717, 1.165) is 46.5 Å². The molecule has 3 aromatic rings. The van der Waals surface area contributed by atoms with Crippen molar-refractivity contribution in [1.29, 1.82) is 0 Å². The first-order valence-corrected chi connectivity index (χ1v) is 8.16. The zero-order valence-electron chi connectivity index (χ0n) is 14.4. The first kappa shape index (κ1) is 16.2. The average molecular weight is 323 g/mol. The van der Waals surface area contributed by atoms with Crippen LogP contribution in [0.25, 0.3) is 22.8 Å². The summed E-state index contributed by atoms with van der Waals surface area (Å²) in [4.78, 5) is 9.00. The summed E-state index contributed by atoms with van der Waals surface area (Å²) >= 11 is 0. The van der Waals surface area contributed by atoms with Gasteiger partial charge in [0, 0.05) is 22.5 Å². The van der Waals surface area contributed by atoms with Gasteiger partial charge in [0.05, 0.1) is 0 Å². The molecule has 124 valence electrons. The Labute approximate surface area is 141 Å². The second-order valence-corrected chi connectivity index (χ2v) is 5.92. The van der Waals surface area contributed by atoms with Crippen LogP contribution >= 0.6 is 0 Å². The molecule has 0 saturated carbocycles. The summed E-state index contributed by atoms with van der Waals surface area (Å²) in [6.07, 6.45) is 1.60. The van der Waals surface area contributed by atoms with Crippen molar-refractivity contribution in [1.82, 2.24) is 15.1 Å². The van der Waals surface area contributed by atoms with Gasteiger partial charge in [-0.15, -0.1) is 0 Å². The summed E-state index contributed by atoms with van der Waals surface area (Å²) in [6, 6.07) is 7.70. The number of aromatic hydroxyl groups is 1. The molecule has 2 heterocycles. The fraction of sp³-hybridized carbons (Fsp3) is 0.316. The number of nitrogens with zero attached hydrogens (tertiary/aromatic N) is 3. The summed E-state index contributed by atoms with van der Waals surface area (Å²) in [5, 5.41) is 14.2. The maximum Gasteiger partial charge on any atom is 0.258 e. The largest absolute Gasteiger partial charge is 0.507 e. The van der Waals surface area contributed by atoms with E-state index in [9.17, 15) is 5.11 Å². The summed E-state index contributed by atoms with van der Waals surface area (Å²) in [7, 11) is 0. The number of hydrogen-bond acceptors (Lipinski definition) is 5. The van der Waals surface area contributed by atoms with Crippen LogP contribution in [0, 0.1) is 13.8 Å². The molecule has 0 bridgehead atoms. The highest BCUT2D eigenvalue weighted by Crippen LogP contribution is 2.30. The number of aryl methyl sites for hydroxylation is 4. The summed E-state index contributed by atoms with van der Waals surface area (Å²) in [5.74, 6) is 1.34. The second kappa shape index (κ2) is 6.43. The summed E-state index contributed by atoms with van der Waals surface area (Å²) < 4.78 is 5.45. The highest BCUT2D eigenvalue weighted by Gasteiger charge is 2.14. The SMILES string of the molecule is CCc1cc(-c2noc(-c3cc(C)c(O)c(CC)c3)n2)cc(C)n1. The third-order valence-corrected chi connectivity index (χ3v) is 4.06. The van der Waals surface area contributed by atoms with Gasteiger partial charge in [-0.2, -0.15) is 4.98 Å². The standard InChI is InChI=1S/C19H21N3O2/c1-5-13-9-15(7-11(3)17(13)23)19-21-18(22-24-19)14-8-12(4)20-16(6-2)10-14/h7-10,23H,5-6H2,1-4H3. The molecule has 1 N–H and O–H groups in total. The molecule has 0 aliphatic heterocycles. The Morgan fingerprint density at radius 2 is 1.75 bits per heavy atom. The third-order valence-electron chi connectivity index (χ3n) is 4.06. The van der Waals surface area contributed by atoms with Crippen molar-refractivity contribution in [3.05, 3.63) is 46.8 Å². The van der Waals surface area contributed by atoms with Crippen LogP contribution in [0.15, 0.2) is 28.8 Å². The number of pyridine rings is 1. The van der Waals surface area contributed by atoms with Gasteiger partial charge < -0.3 is 9.63 Å². The maximum absolute atomic E-state index is 10.1. The van der Waals surface area contributed by atoms with E-state index in [2.05, 4.69) is 22.0 Å². The molecule has 0 amide bonds. The van der Waals surface area contributed by atoms with Crippen LogP contribution in [0.2, 0.25) is 0 Å². The van der Waals surface area contributed by atoms with E-state index in [1.807, 2.05) is 45.0 Å². The van der Waals surface area contributed by atoms with Crippen LogP contribution in [0.4, 0.5) is 0 Å². The molecule has 5 nitrogen and oxygen atoms in total. The van der Waals surface area contributed by atoms with Crippen molar-refractivity contribution in [2.75, 3.05) is 0 Å². The smallest absolute Gasteiger partial charge is 0.258 e. The van der Waals surface area contributed by atoms with Crippen molar-refractivity contribution in [3.63, 3.8) is 0 Å². The van der Waals surface area contributed by atoms with E-state index in [1.165, 1.54) is 0 Å². The highest BCUT2D eigenvalue weighted by molar-refractivity contribution is 5.63. The first-order chi connectivity index (χ1) is 11.5. The average Bonchev–Trinajstić information content (AvgIpc) is 3.06. The Kier molecular flexibility index (Phi) is 4.34. The monoisotopic (exact) mass is 323 g/mol. The molecule has 5 heteroatoms.